The van der Waals surface area contributed by atoms with Crippen molar-refractivity contribution in [1.29, 1.82) is 0 Å². The molecule has 0 heterocycles. The minimum absolute atomic E-state index is 0.0642. The summed E-state index contributed by atoms with van der Waals surface area (Å²) in [5.74, 6) is 0.446. The number of rotatable bonds is 6. The van der Waals surface area contributed by atoms with Crippen molar-refractivity contribution in [2.24, 2.45) is 5.73 Å². The van der Waals surface area contributed by atoms with Crippen LogP contribution < -0.4 is 11.1 Å². The first kappa shape index (κ1) is 12.1. The van der Waals surface area contributed by atoms with Gasteiger partial charge in [0.15, 0.2) is 0 Å². The summed E-state index contributed by atoms with van der Waals surface area (Å²) < 4.78 is 0. The van der Waals surface area contributed by atoms with Crippen molar-refractivity contribution in [2.75, 3.05) is 6.54 Å². The van der Waals surface area contributed by atoms with Crippen LogP contribution in [0.1, 0.15) is 49.3 Å². The first-order valence-electron chi connectivity index (χ1n) is 6.33. The predicted octanol–water partition coefficient (Wildman–Crippen LogP) is 2.09. The van der Waals surface area contributed by atoms with Crippen molar-refractivity contribution in [3.8, 4) is 0 Å². The van der Waals surface area contributed by atoms with Crippen LogP contribution >= 0.6 is 0 Å². The average molecular weight is 232 g/mol. The summed E-state index contributed by atoms with van der Waals surface area (Å²) in [6.45, 7) is 2.89. The van der Waals surface area contributed by atoms with Gasteiger partial charge < -0.3 is 11.1 Å². The lowest BCUT2D eigenvalue weighted by molar-refractivity contribution is -0.118. The fourth-order valence-corrected chi connectivity index (χ4v) is 2.33. The smallest absolute Gasteiger partial charge is 0.219 e. The zero-order valence-corrected chi connectivity index (χ0v) is 10.3. The lowest BCUT2D eigenvalue weighted by atomic mass is 9.95. The minimum atomic E-state index is -0.249. The molecule has 1 amide bonds. The van der Waals surface area contributed by atoms with E-state index in [0.29, 0.717) is 12.3 Å². The molecule has 1 aromatic rings. The fraction of sp³-hybridized carbons (Fsp3) is 0.500. The number of carbonyl (C=O) groups is 1. The standard InChI is InChI=1S/C14H20N2O/c1-2-16-13(9-14(15)17)12-6-4-3-5-11(12)10-7-8-10/h3-6,10,13,16H,2,7-9H2,1H3,(H2,15,17). The highest BCUT2D eigenvalue weighted by molar-refractivity contribution is 5.74. The molecular weight excluding hydrogens is 212 g/mol. The fourth-order valence-electron chi connectivity index (χ4n) is 2.33. The molecule has 1 aliphatic carbocycles. The zero-order valence-electron chi connectivity index (χ0n) is 10.3. The molecule has 0 aliphatic heterocycles. The number of carbonyl (C=O) groups excluding carboxylic acids is 1. The quantitative estimate of drug-likeness (QED) is 0.789. The van der Waals surface area contributed by atoms with Crippen LogP contribution in [-0.4, -0.2) is 12.5 Å². The van der Waals surface area contributed by atoms with Gasteiger partial charge in [-0.1, -0.05) is 31.2 Å². The van der Waals surface area contributed by atoms with Gasteiger partial charge in [0, 0.05) is 12.5 Å². The number of primary amides is 1. The molecule has 1 fully saturated rings. The van der Waals surface area contributed by atoms with Crippen molar-refractivity contribution in [3.63, 3.8) is 0 Å². The Morgan fingerprint density at radius 2 is 2.18 bits per heavy atom. The summed E-state index contributed by atoms with van der Waals surface area (Å²) in [6, 6.07) is 8.47. The highest BCUT2D eigenvalue weighted by Gasteiger charge is 2.28. The molecule has 1 saturated carbocycles. The topological polar surface area (TPSA) is 55.1 Å². The van der Waals surface area contributed by atoms with E-state index in [1.54, 1.807) is 0 Å². The van der Waals surface area contributed by atoms with Crippen molar-refractivity contribution in [1.82, 2.24) is 5.32 Å². The predicted molar refractivity (Wildman–Crippen MR) is 68.6 cm³/mol. The van der Waals surface area contributed by atoms with E-state index < -0.39 is 0 Å². The third kappa shape index (κ3) is 3.07. The number of nitrogens with one attached hydrogen (secondary N) is 1. The van der Waals surface area contributed by atoms with Gasteiger partial charge in [0.2, 0.25) is 5.91 Å². The van der Waals surface area contributed by atoms with Crippen molar-refractivity contribution in [3.05, 3.63) is 35.4 Å². The molecule has 0 spiro atoms. The molecule has 3 N–H and O–H groups in total. The molecular formula is C14H20N2O. The molecule has 2 rings (SSSR count). The van der Waals surface area contributed by atoms with Crippen LogP contribution in [0.2, 0.25) is 0 Å². The second-order valence-corrected chi connectivity index (χ2v) is 4.68. The van der Waals surface area contributed by atoms with E-state index in [4.69, 9.17) is 5.73 Å². The molecule has 3 heteroatoms. The molecule has 1 atom stereocenters. The maximum absolute atomic E-state index is 11.1. The Hall–Kier alpha value is -1.35. The molecule has 0 saturated heterocycles. The first-order chi connectivity index (χ1) is 8.22. The van der Waals surface area contributed by atoms with E-state index in [1.165, 1.54) is 24.0 Å². The highest BCUT2D eigenvalue weighted by Crippen LogP contribution is 2.43. The molecule has 1 unspecified atom stereocenters. The summed E-state index contributed by atoms with van der Waals surface area (Å²) in [5, 5.41) is 3.35. The van der Waals surface area contributed by atoms with Crippen LogP contribution in [0.3, 0.4) is 0 Å². The number of nitrogens with two attached hydrogens (primary N) is 1. The van der Waals surface area contributed by atoms with E-state index in [-0.39, 0.29) is 11.9 Å². The number of amides is 1. The van der Waals surface area contributed by atoms with Gasteiger partial charge in [-0.3, -0.25) is 4.79 Å². The van der Waals surface area contributed by atoms with Gasteiger partial charge in [-0.15, -0.1) is 0 Å². The molecule has 3 nitrogen and oxygen atoms in total. The highest BCUT2D eigenvalue weighted by atomic mass is 16.1. The van der Waals surface area contributed by atoms with Gasteiger partial charge >= 0.3 is 0 Å². The van der Waals surface area contributed by atoms with E-state index in [9.17, 15) is 4.79 Å². The second-order valence-electron chi connectivity index (χ2n) is 4.68. The molecule has 1 aromatic carbocycles. The SMILES string of the molecule is CCNC(CC(N)=O)c1ccccc1C1CC1. The number of hydrogen-bond donors (Lipinski definition) is 2. The number of benzene rings is 1. The van der Waals surface area contributed by atoms with Crippen LogP contribution in [0.15, 0.2) is 24.3 Å². The second kappa shape index (κ2) is 5.32. The Labute approximate surface area is 102 Å². The lowest BCUT2D eigenvalue weighted by Crippen LogP contribution is -2.27. The van der Waals surface area contributed by atoms with Crippen molar-refractivity contribution in [2.45, 2.75) is 38.1 Å². The first-order valence-corrected chi connectivity index (χ1v) is 6.33. The molecule has 1 aliphatic rings. The van der Waals surface area contributed by atoms with Crippen LogP contribution in [0.5, 0.6) is 0 Å². The number of hydrogen-bond acceptors (Lipinski definition) is 2. The Kier molecular flexibility index (Phi) is 3.79. The monoisotopic (exact) mass is 232 g/mol. The van der Waals surface area contributed by atoms with Crippen LogP contribution in [0.25, 0.3) is 0 Å². The third-order valence-corrected chi connectivity index (χ3v) is 3.24. The largest absolute Gasteiger partial charge is 0.370 e. The van der Waals surface area contributed by atoms with Gasteiger partial charge in [0.1, 0.15) is 0 Å². The van der Waals surface area contributed by atoms with E-state index in [0.717, 1.165) is 6.54 Å². The van der Waals surface area contributed by atoms with E-state index in [2.05, 4.69) is 23.5 Å². The molecule has 0 aromatic heterocycles. The third-order valence-electron chi connectivity index (χ3n) is 3.24. The molecule has 0 radical (unpaired) electrons. The van der Waals surface area contributed by atoms with Gasteiger partial charge in [0.05, 0.1) is 0 Å². The minimum Gasteiger partial charge on any atom is -0.370 e. The van der Waals surface area contributed by atoms with Gasteiger partial charge in [0.25, 0.3) is 0 Å². The van der Waals surface area contributed by atoms with E-state index >= 15 is 0 Å². The normalized spacial score (nSPS) is 16.8. The summed E-state index contributed by atoms with van der Waals surface area (Å²) in [7, 11) is 0. The zero-order chi connectivity index (χ0) is 12.3. The summed E-state index contributed by atoms with van der Waals surface area (Å²) in [5.41, 5.74) is 7.96. The lowest BCUT2D eigenvalue weighted by Gasteiger charge is -2.20. The van der Waals surface area contributed by atoms with Gasteiger partial charge in [-0.25, -0.2) is 0 Å². The Morgan fingerprint density at radius 3 is 2.76 bits per heavy atom. The van der Waals surface area contributed by atoms with Crippen molar-refractivity contribution >= 4 is 5.91 Å². The Balaban J connectivity index is 2.24. The van der Waals surface area contributed by atoms with Crippen LogP contribution in [0, 0.1) is 0 Å². The maximum atomic E-state index is 11.1. The van der Waals surface area contributed by atoms with Gasteiger partial charge in [-0.05, 0) is 36.4 Å². The van der Waals surface area contributed by atoms with Crippen molar-refractivity contribution < 1.29 is 4.79 Å². The van der Waals surface area contributed by atoms with Crippen LogP contribution in [0.4, 0.5) is 0 Å². The van der Waals surface area contributed by atoms with E-state index in [1.807, 2.05) is 13.0 Å². The average Bonchev–Trinajstić information content (AvgIpc) is 3.12. The van der Waals surface area contributed by atoms with Crippen LogP contribution in [-0.2, 0) is 4.79 Å². The summed E-state index contributed by atoms with van der Waals surface area (Å²) in [4.78, 5) is 11.1. The molecule has 17 heavy (non-hydrogen) atoms. The maximum Gasteiger partial charge on any atom is 0.219 e. The molecule has 92 valence electrons. The Bertz CT molecular complexity index is 399. The summed E-state index contributed by atoms with van der Waals surface area (Å²) >= 11 is 0. The Morgan fingerprint density at radius 1 is 1.47 bits per heavy atom. The van der Waals surface area contributed by atoms with Gasteiger partial charge in [-0.2, -0.15) is 0 Å². The molecule has 0 bridgehead atoms. The summed E-state index contributed by atoms with van der Waals surface area (Å²) in [6.07, 6.45) is 2.91.